The van der Waals surface area contributed by atoms with Crippen LogP contribution in [-0.4, -0.2) is 43.7 Å². The molecular weight excluding hydrogens is 320 g/mol. The van der Waals surface area contributed by atoms with Gasteiger partial charge in [-0.1, -0.05) is 12.1 Å². The second kappa shape index (κ2) is 5.04. The zero-order valence-electron chi connectivity index (χ0n) is 12.2. The van der Waals surface area contributed by atoms with Gasteiger partial charge in [0.1, 0.15) is 5.75 Å². The molecule has 1 fully saturated rings. The van der Waals surface area contributed by atoms with Crippen LogP contribution in [0.25, 0.3) is 11.3 Å². The van der Waals surface area contributed by atoms with Crippen molar-refractivity contribution in [3.63, 3.8) is 0 Å². The van der Waals surface area contributed by atoms with E-state index in [1.807, 2.05) is 24.3 Å². The van der Waals surface area contributed by atoms with Gasteiger partial charge in [-0.05, 0) is 12.1 Å². The van der Waals surface area contributed by atoms with Crippen molar-refractivity contribution in [2.24, 2.45) is 0 Å². The van der Waals surface area contributed by atoms with Crippen molar-refractivity contribution in [1.82, 2.24) is 9.29 Å². The fraction of sp³-hybridized carbons (Fsp3) is 0.400. The van der Waals surface area contributed by atoms with Gasteiger partial charge in [-0.2, -0.15) is 0 Å². The first kappa shape index (κ1) is 14.2. The molecule has 1 aromatic heterocycles. The molecule has 7 heteroatoms. The number of ether oxygens (including phenoxy) is 1. The van der Waals surface area contributed by atoms with Crippen LogP contribution in [0.2, 0.25) is 0 Å². The number of hydrogen-bond acceptors (Lipinski definition) is 5. The molecular formula is C15H16N2O3S2. The number of hydrogen-bond donors (Lipinski definition) is 0. The molecule has 22 heavy (non-hydrogen) atoms. The highest BCUT2D eigenvalue weighted by Gasteiger charge is 2.36. The topological polar surface area (TPSA) is 59.5 Å². The third-order valence-electron chi connectivity index (χ3n) is 4.11. The van der Waals surface area contributed by atoms with Crippen molar-refractivity contribution in [3.8, 4) is 17.0 Å². The van der Waals surface area contributed by atoms with Crippen LogP contribution in [0.3, 0.4) is 0 Å². The van der Waals surface area contributed by atoms with Crippen LogP contribution in [0.4, 0.5) is 0 Å². The van der Waals surface area contributed by atoms with Gasteiger partial charge >= 0.3 is 0 Å². The van der Waals surface area contributed by atoms with Gasteiger partial charge in [-0.15, -0.1) is 11.3 Å². The number of thiazole rings is 1. The third-order valence-corrected chi connectivity index (χ3v) is 6.62. The molecule has 0 aliphatic carbocycles. The van der Waals surface area contributed by atoms with Gasteiger partial charge in [0, 0.05) is 35.9 Å². The summed E-state index contributed by atoms with van der Waals surface area (Å²) < 4.78 is 30.2. The van der Waals surface area contributed by atoms with Crippen LogP contribution in [0.1, 0.15) is 15.8 Å². The number of rotatable bonds is 2. The van der Waals surface area contributed by atoms with Crippen molar-refractivity contribution in [2.75, 3.05) is 26.0 Å². The molecule has 0 atom stereocenters. The van der Waals surface area contributed by atoms with Crippen LogP contribution < -0.4 is 4.74 Å². The molecule has 116 valence electrons. The highest BCUT2D eigenvalue weighted by Crippen LogP contribution is 2.40. The van der Waals surface area contributed by atoms with Crippen LogP contribution >= 0.6 is 11.3 Å². The Bertz CT molecular complexity index is 823. The van der Waals surface area contributed by atoms with E-state index >= 15 is 0 Å². The molecule has 2 aromatic rings. The molecule has 3 heterocycles. The molecule has 0 N–H and O–H groups in total. The van der Waals surface area contributed by atoms with Crippen molar-refractivity contribution in [2.45, 2.75) is 12.3 Å². The van der Waals surface area contributed by atoms with E-state index in [0.717, 1.165) is 28.4 Å². The molecule has 1 saturated heterocycles. The third kappa shape index (κ3) is 2.33. The van der Waals surface area contributed by atoms with E-state index in [9.17, 15) is 8.42 Å². The Morgan fingerprint density at radius 2 is 2.09 bits per heavy atom. The first-order chi connectivity index (χ1) is 10.5. The highest BCUT2D eigenvalue weighted by atomic mass is 32.2. The van der Waals surface area contributed by atoms with Gasteiger partial charge in [0.25, 0.3) is 0 Å². The van der Waals surface area contributed by atoms with E-state index in [2.05, 4.69) is 0 Å². The minimum Gasteiger partial charge on any atom is -0.493 e. The summed E-state index contributed by atoms with van der Waals surface area (Å²) >= 11 is 1.70. The lowest BCUT2D eigenvalue weighted by molar-refractivity contribution is 0.265. The molecule has 2 aliphatic heterocycles. The smallest absolute Gasteiger partial charge is 0.211 e. The largest absolute Gasteiger partial charge is 0.493 e. The average molecular weight is 336 g/mol. The van der Waals surface area contributed by atoms with Crippen LogP contribution in [-0.2, 0) is 16.4 Å². The van der Waals surface area contributed by atoms with Gasteiger partial charge in [0.15, 0.2) is 0 Å². The second-order valence-electron chi connectivity index (χ2n) is 5.70. The van der Waals surface area contributed by atoms with E-state index in [4.69, 9.17) is 9.72 Å². The highest BCUT2D eigenvalue weighted by molar-refractivity contribution is 7.88. The van der Waals surface area contributed by atoms with E-state index in [1.54, 1.807) is 11.3 Å². The summed E-state index contributed by atoms with van der Waals surface area (Å²) in [5.41, 5.74) is 2.04. The molecule has 4 rings (SSSR count). The molecule has 0 bridgehead atoms. The zero-order chi connectivity index (χ0) is 15.3. The Morgan fingerprint density at radius 1 is 1.32 bits per heavy atom. The molecule has 2 aliphatic rings. The average Bonchev–Trinajstić information content (AvgIpc) is 2.72. The van der Waals surface area contributed by atoms with Crippen molar-refractivity contribution in [3.05, 3.63) is 34.2 Å². The Balaban J connectivity index is 1.65. The lowest BCUT2D eigenvalue weighted by Gasteiger charge is -2.35. The number of benzene rings is 1. The normalized spacial score (nSPS) is 18.8. The van der Waals surface area contributed by atoms with E-state index < -0.39 is 10.0 Å². The number of aromatic nitrogens is 1. The quantitative estimate of drug-likeness (QED) is 0.843. The number of nitrogens with zero attached hydrogens (tertiary/aromatic N) is 2. The van der Waals surface area contributed by atoms with Gasteiger partial charge in [-0.25, -0.2) is 17.7 Å². The predicted octanol–water partition coefficient (Wildman–Crippen LogP) is 2.10. The molecule has 0 unspecified atom stereocenters. The van der Waals surface area contributed by atoms with Crippen LogP contribution in [0.5, 0.6) is 5.75 Å². The van der Waals surface area contributed by atoms with Crippen molar-refractivity contribution < 1.29 is 13.2 Å². The fourth-order valence-electron chi connectivity index (χ4n) is 2.83. The molecule has 0 saturated carbocycles. The Hall–Kier alpha value is -1.44. The Labute approximate surface area is 133 Å². The number of sulfonamides is 1. The minimum absolute atomic E-state index is 0.222. The Kier molecular flexibility index (Phi) is 3.25. The SMILES string of the molecule is CS(=O)(=O)N1CC(c2nc3c(s2)CCOc2ccccc2-3)C1. The molecule has 5 nitrogen and oxygen atoms in total. The Morgan fingerprint density at radius 3 is 2.86 bits per heavy atom. The minimum atomic E-state index is -3.07. The van der Waals surface area contributed by atoms with Crippen LogP contribution in [0, 0.1) is 0 Å². The van der Waals surface area contributed by atoms with Gasteiger partial charge in [0.05, 0.1) is 23.6 Å². The first-order valence-corrected chi connectivity index (χ1v) is 9.86. The standard InChI is InChI=1S/C15H16N2O3S2/c1-22(18,19)17-8-10(9-17)15-16-14-11-4-2-3-5-12(11)20-7-6-13(14)21-15/h2-5,10H,6-9H2,1H3. The maximum absolute atomic E-state index is 11.5. The van der Waals surface area contributed by atoms with E-state index in [0.29, 0.717) is 19.7 Å². The zero-order valence-corrected chi connectivity index (χ0v) is 13.8. The summed E-state index contributed by atoms with van der Waals surface area (Å²) in [7, 11) is -3.07. The van der Waals surface area contributed by atoms with Crippen molar-refractivity contribution in [1.29, 1.82) is 0 Å². The maximum Gasteiger partial charge on any atom is 0.211 e. The van der Waals surface area contributed by atoms with Gasteiger partial charge in [-0.3, -0.25) is 0 Å². The molecule has 0 amide bonds. The number of fused-ring (bicyclic) bond motifs is 3. The van der Waals surface area contributed by atoms with E-state index in [1.165, 1.54) is 15.4 Å². The van der Waals surface area contributed by atoms with Gasteiger partial charge < -0.3 is 4.74 Å². The lowest BCUT2D eigenvalue weighted by atomic mass is 10.0. The van der Waals surface area contributed by atoms with Crippen LogP contribution in [0.15, 0.2) is 24.3 Å². The number of para-hydroxylation sites is 1. The molecule has 1 aromatic carbocycles. The monoisotopic (exact) mass is 336 g/mol. The van der Waals surface area contributed by atoms with Crippen molar-refractivity contribution >= 4 is 21.4 Å². The summed E-state index contributed by atoms with van der Waals surface area (Å²) in [5, 5.41) is 1.04. The molecule has 0 spiro atoms. The summed E-state index contributed by atoms with van der Waals surface area (Å²) in [6.45, 7) is 1.75. The lowest BCUT2D eigenvalue weighted by Crippen LogP contribution is -2.47. The predicted molar refractivity (Wildman–Crippen MR) is 85.9 cm³/mol. The summed E-state index contributed by atoms with van der Waals surface area (Å²) in [5.74, 6) is 1.10. The molecule has 0 radical (unpaired) electrons. The second-order valence-corrected chi connectivity index (χ2v) is 8.79. The summed E-state index contributed by atoms with van der Waals surface area (Å²) in [4.78, 5) is 6.04. The summed E-state index contributed by atoms with van der Waals surface area (Å²) in [6.07, 6.45) is 2.11. The van der Waals surface area contributed by atoms with Gasteiger partial charge in [0.2, 0.25) is 10.0 Å². The first-order valence-electron chi connectivity index (χ1n) is 7.19. The van der Waals surface area contributed by atoms with E-state index in [-0.39, 0.29) is 5.92 Å². The maximum atomic E-state index is 11.5. The summed E-state index contributed by atoms with van der Waals surface area (Å²) in [6, 6.07) is 7.96. The fourth-order valence-corrected chi connectivity index (χ4v) is 4.88.